The van der Waals surface area contributed by atoms with E-state index in [0.29, 0.717) is 31.2 Å². The zero-order chi connectivity index (χ0) is 17.6. The van der Waals surface area contributed by atoms with Crippen molar-refractivity contribution in [1.29, 1.82) is 0 Å². The van der Waals surface area contributed by atoms with Crippen molar-refractivity contribution in [2.75, 3.05) is 43.4 Å². The van der Waals surface area contributed by atoms with Crippen LogP contribution in [0.15, 0.2) is 0 Å². The number of thioether (sulfide) groups is 1. The highest BCUT2D eigenvalue weighted by Gasteiger charge is 2.17. The smallest absolute Gasteiger partial charge is 0.230 e. The second-order valence-electron chi connectivity index (χ2n) is 5.96. The van der Waals surface area contributed by atoms with Crippen LogP contribution in [0.2, 0.25) is 0 Å². The summed E-state index contributed by atoms with van der Waals surface area (Å²) in [6.07, 6.45) is 5.16. The Bertz CT molecular complexity index is 446. The summed E-state index contributed by atoms with van der Waals surface area (Å²) in [6, 6.07) is 0. The van der Waals surface area contributed by atoms with Crippen molar-refractivity contribution in [3.8, 4) is 0 Å². The minimum Gasteiger partial charge on any atom is -0.355 e. The van der Waals surface area contributed by atoms with Gasteiger partial charge < -0.3 is 16.0 Å². The van der Waals surface area contributed by atoms with Crippen LogP contribution in [-0.4, -0.2) is 63.7 Å². The van der Waals surface area contributed by atoms with E-state index in [4.69, 9.17) is 0 Å². The number of hydrogen-bond donors (Lipinski definition) is 4. The number of thiol groups is 1. The van der Waals surface area contributed by atoms with Crippen LogP contribution in [0, 0.1) is 5.92 Å². The Morgan fingerprint density at radius 3 is 2.29 bits per heavy atom. The van der Waals surface area contributed by atoms with Gasteiger partial charge in [0.05, 0.1) is 11.5 Å². The summed E-state index contributed by atoms with van der Waals surface area (Å²) in [6.45, 7) is 2.70. The van der Waals surface area contributed by atoms with E-state index < -0.39 is 10.7 Å². The van der Waals surface area contributed by atoms with Crippen molar-refractivity contribution in [1.82, 2.24) is 16.0 Å². The minimum absolute atomic E-state index is 0.00110. The molecule has 7 nitrogen and oxygen atoms in total. The van der Waals surface area contributed by atoms with Gasteiger partial charge in [0.25, 0.3) is 0 Å². The Hall–Kier alpha value is -0.800. The van der Waals surface area contributed by atoms with Gasteiger partial charge in [-0.05, 0) is 38.1 Å². The molecule has 3 N–H and O–H groups in total. The van der Waals surface area contributed by atoms with Crippen LogP contribution in [0.4, 0.5) is 0 Å². The quantitative estimate of drug-likeness (QED) is 0.245. The standard InChI is InChI=1S/C15H29N3O4S2/c19-14(17-8-7-16-6-1-2-9-24(21)22)11-23-12-15(20)18-10-13-4-3-5-13/h13,16,24H,1-12H2,(H,17,19)(H,18,20). The summed E-state index contributed by atoms with van der Waals surface area (Å²) >= 11 is 1.32. The average molecular weight is 380 g/mol. The summed E-state index contributed by atoms with van der Waals surface area (Å²) in [5, 5.41) is 8.83. The fraction of sp³-hybridized carbons (Fsp3) is 0.867. The van der Waals surface area contributed by atoms with Gasteiger partial charge >= 0.3 is 0 Å². The van der Waals surface area contributed by atoms with E-state index in [1.807, 2.05) is 0 Å². The molecule has 2 amide bonds. The molecule has 0 atom stereocenters. The summed E-state index contributed by atoms with van der Waals surface area (Å²) in [4.78, 5) is 23.2. The molecule has 24 heavy (non-hydrogen) atoms. The number of carbonyl (C=O) groups excluding carboxylic acids is 2. The lowest BCUT2D eigenvalue weighted by Gasteiger charge is -2.25. The number of nitrogens with one attached hydrogen (secondary N) is 3. The van der Waals surface area contributed by atoms with Crippen LogP contribution >= 0.6 is 11.8 Å². The fourth-order valence-electron chi connectivity index (χ4n) is 2.20. The lowest BCUT2D eigenvalue weighted by Crippen LogP contribution is -2.35. The molecule has 1 aliphatic rings. The molecule has 0 spiro atoms. The first-order valence-electron chi connectivity index (χ1n) is 8.51. The molecule has 0 aromatic rings. The zero-order valence-electron chi connectivity index (χ0n) is 14.1. The average Bonchev–Trinajstić information content (AvgIpc) is 2.48. The summed E-state index contributed by atoms with van der Waals surface area (Å²) in [5.41, 5.74) is 0. The van der Waals surface area contributed by atoms with Crippen molar-refractivity contribution >= 4 is 34.3 Å². The molecule has 0 aromatic heterocycles. The molecule has 140 valence electrons. The summed E-state index contributed by atoms with van der Waals surface area (Å²) in [5.74, 6) is 1.42. The van der Waals surface area contributed by atoms with Gasteiger partial charge in [-0.1, -0.05) is 6.42 Å². The van der Waals surface area contributed by atoms with Crippen LogP contribution in [0.25, 0.3) is 0 Å². The van der Waals surface area contributed by atoms with E-state index in [2.05, 4.69) is 16.0 Å². The number of rotatable bonds is 14. The number of hydrogen-bond acceptors (Lipinski definition) is 6. The maximum Gasteiger partial charge on any atom is 0.230 e. The lowest BCUT2D eigenvalue weighted by atomic mass is 9.85. The molecular formula is C15H29N3O4S2. The predicted molar refractivity (Wildman–Crippen MR) is 98.0 cm³/mol. The van der Waals surface area contributed by atoms with Crippen molar-refractivity contribution in [2.24, 2.45) is 5.92 Å². The minimum atomic E-state index is -2.27. The molecule has 0 unspecified atom stereocenters. The van der Waals surface area contributed by atoms with E-state index in [1.54, 1.807) is 0 Å². The highest BCUT2D eigenvalue weighted by atomic mass is 32.2. The summed E-state index contributed by atoms with van der Waals surface area (Å²) < 4.78 is 20.7. The molecule has 0 aromatic carbocycles. The van der Waals surface area contributed by atoms with Crippen LogP contribution in [0.5, 0.6) is 0 Å². The topological polar surface area (TPSA) is 104 Å². The first-order valence-corrected chi connectivity index (χ1v) is 11.0. The van der Waals surface area contributed by atoms with E-state index in [9.17, 15) is 18.0 Å². The van der Waals surface area contributed by atoms with Crippen molar-refractivity contribution < 1.29 is 18.0 Å². The third-order valence-electron chi connectivity index (χ3n) is 3.85. The SMILES string of the molecule is O=C(CSCC(=O)NCC1CCC1)NCCNCCCC[SH](=O)=O. The molecule has 1 rings (SSSR count). The molecule has 0 aliphatic heterocycles. The number of carbonyl (C=O) groups is 2. The van der Waals surface area contributed by atoms with Crippen LogP contribution in [0.3, 0.4) is 0 Å². The Kier molecular flexibility index (Phi) is 11.9. The van der Waals surface area contributed by atoms with Crippen molar-refractivity contribution in [3.05, 3.63) is 0 Å². The van der Waals surface area contributed by atoms with Gasteiger partial charge in [0, 0.05) is 25.4 Å². The second-order valence-corrected chi connectivity index (χ2v) is 8.06. The van der Waals surface area contributed by atoms with Crippen LogP contribution < -0.4 is 16.0 Å². The molecule has 0 radical (unpaired) electrons. The van der Waals surface area contributed by atoms with E-state index in [-0.39, 0.29) is 23.3 Å². The Morgan fingerprint density at radius 2 is 1.67 bits per heavy atom. The third-order valence-corrected chi connectivity index (χ3v) is 5.46. The van der Waals surface area contributed by atoms with Gasteiger partial charge in [-0.25, -0.2) is 8.42 Å². The normalized spacial score (nSPS) is 14.4. The fourth-order valence-corrected chi connectivity index (χ4v) is 3.36. The Labute approximate surface area is 150 Å². The molecule has 0 bridgehead atoms. The van der Waals surface area contributed by atoms with E-state index in [0.717, 1.165) is 19.5 Å². The molecule has 9 heteroatoms. The van der Waals surface area contributed by atoms with E-state index in [1.165, 1.54) is 31.0 Å². The largest absolute Gasteiger partial charge is 0.355 e. The predicted octanol–water partition coefficient (Wildman–Crippen LogP) is -0.267. The van der Waals surface area contributed by atoms with Gasteiger partial charge in [-0.15, -0.1) is 11.8 Å². The maximum absolute atomic E-state index is 11.6. The molecular weight excluding hydrogens is 350 g/mol. The van der Waals surface area contributed by atoms with Gasteiger partial charge in [0.15, 0.2) is 0 Å². The monoisotopic (exact) mass is 379 g/mol. The second kappa shape index (κ2) is 13.5. The Balaban J connectivity index is 1.84. The highest BCUT2D eigenvalue weighted by Crippen LogP contribution is 2.25. The van der Waals surface area contributed by atoms with Gasteiger partial charge in [0.2, 0.25) is 11.8 Å². The molecule has 1 saturated carbocycles. The lowest BCUT2D eigenvalue weighted by molar-refractivity contribution is -0.119. The van der Waals surface area contributed by atoms with Gasteiger partial charge in [0.1, 0.15) is 10.7 Å². The van der Waals surface area contributed by atoms with Gasteiger partial charge in [-0.3, -0.25) is 9.59 Å². The first kappa shape index (κ1) is 21.2. The molecule has 0 heterocycles. The van der Waals surface area contributed by atoms with Crippen molar-refractivity contribution in [3.63, 3.8) is 0 Å². The van der Waals surface area contributed by atoms with E-state index >= 15 is 0 Å². The number of unbranched alkanes of at least 4 members (excludes halogenated alkanes) is 1. The molecule has 1 fully saturated rings. The van der Waals surface area contributed by atoms with Crippen LogP contribution in [0.1, 0.15) is 32.1 Å². The summed E-state index contributed by atoms with van der Waals surface area (Å²) in [7, 11) is -2.27. The van der Waals surface area contributed by atoms with Crippen molar-refractivity contribution in [2.45, 2.75) is 32.1 Å². The molecule has 1 aliphatic carbocycles. The van der Waals surface area contributed by atoms with Crippen LogP contribution in [-0.2, 0) is 20.3 Å². The highest BCUT2D eigenvalue weighted by molar-refractivity contribution is 8.00. The molecule has 0 saturated heterocycles. The maximum atomic E-state index is 11.6. The zero-order valence-corrected chi connectivity index (χ0v) is 15.8. The van der Waals surface area contributed by atoms with Gasteiger partial charge in [-0.2, -0.15) is 0 Å². The first-order chi connectivity index (χ1) is 11.6. The number of amides is 2. The third kappa shape index (κ3) is 11.7. The Morgan fingerprint density at radius 1 is 0.958 bits per heavy atom.